The van der Waals surface area contributed by atoms with Crippen molar-refractivity contribution in [2.75, 3.05) is 12.4 Å². The molecule has 1 aromatic rings. The Morgan fingerprint density at radius 3 is 2.48 bits per heavy atom. The van der Waals surface area contributed by atoms with Crippen LogP contribution in [-0.2, 0) is 15.4 Å². The van der Waals surface area contributed by atoms with E-state index >= 15 is 0 Å². The molecule has 1 unspecified atom stereocenters. The number of ether oxygens (including phenoxy) is 1. The van der Waals surface area contributed by atoms with Gasteiger partial charge in [0.05, 0.1) is 12.4 Å². The lowest BCUT2D eigenvalue weighted by atomic mass is 9.87. The number of benzene rings is 1. The maximum absolute atomic E-state index is 11.2. The van der Waals surface area contributed by atoms with Crippen LogP contribution in [0.4, 0.5) is 0 Å². The normalized spacial score (nSPS) is 14.0. The van der Waals surface area contributed by atoms with Gasteiger partial charge in [0, 0.05) is 5.92 Å². The topological polar surface area (TPSA) is 69.4 Å². The van der Waals surface area contributed by atoms with Crippen LogP contribution in [0.1, 0.15) is 46.1 Å². The average molecular weight is 313 g/mol. The summed E-state index contributed by atoms with van der Waals surface area (Å²) in [6.45, 7) is 8.83. The second-order valence-electron chi connectivity index (χ2n) is 6.57. The van der Waals surface area contributed by atoms with E-state index in [2.05, 4.69) is 26.8 Å². The first-order valence-electron chi connectivity index (χ1n) is 7.35. The number of primary sulfonamides is 1. The molecular weight excluding hydrogens is 286 g/mol. The third-order valence-electron chi connectivity index (χ3n) is 3.35. The summed E-state index contributed by atoms with van der Waals surface area (Å²) in [7, 11) is -3.46. The van der Waals surface area contributed by atoms with Crippen molar-refractivity contribution in [1.29, 1.82) is 0 Å². The standard InChI is InChI=1S/C16H27NO3S/c1-5-7-13(12-21(17,18)19)11-20-15-9-6-8-14(10-15)16(2,3)4/h6,8-10,13H,5,7,11-12H2,1-4H3,(H2,17,18,19). The highest BCUT2D eigenvalue weighted by Crippen LogP contribution is 2.26. The molecule has 0 aliphatic carbocycles. The van der Waals surface area contributed by atoms with Gasteiger partial charge >= 0.3 is 0 Å². The maximum Gasteiger partial charge on any atom is 0.209 e. The molecule has 0 aromatic heterocycles. The van der Waals surface area contributed by atoms with Crippen LogP contribution in [0.3, 0.4) is 0 Å². The Bertz CT molecular complexity index is 547. The fourth-order valence-corrected chi connectivity index (χ4v) is 3.14. The number of rotatable bonds is 7. The molecule has 0 amide bonds. The van der Waals surface area contributed by atoms with Crippen molar-refractivity contribution in [2.24, 2.45) is 11.1 Å². The third kappa shape index (κ3) is 6.96. The molecule has 0 saturated carbocycles. The van der Waals surface area contributed by atoms with E-state index in [0.717, 1.165) is 18.6 Å². The first-order chi connectivity index (χ1) is 9.62. The van der Waals surface area contributed by atoms with E-state index in [0.29, 0.717) is 6.61 Å². The minimum absolute atomic E-state index is 0.0280. The van der Waals surface area contributed by atoms with E-state index in [-0.39, 0.29) is 17.1 Å². The number of sulfonamides is 1. The zero-order chi connectivity index (χ0) is 16.1. The first kappa shape index (κ1) is 18.0. The van der Waals surface area contributed by atoms with Crippen LogP contribution in [0.5, 0.6) is 5.75 Å². The lowest BCUT2D eigenvalue weighted by Gasteiger charge is -2.21. The summed E-state index contributed by atoms with van der Waals surface area (Å²) in [5.74, 6) is 0.682. The monoisotopic (exact) mass is 313 g/mol. The Morgan fingerprint density at radius 2 is 1.95 bits per heavy atom. The third-order valence-corrected chi connectivity index (χ3v) is 4.29. The van der Waals surface area contributed by atoms with Gasteiger partial charge in [-0.15, -0.1) is 0 Å². The van der Waals surface area contributed by atoms with Crippen molar-refractivity contribution >= 4 is 10.0 Å². The number of nitrogens with two attached hydrogens (primary N) is 1. The number of hydrogen-bond donors (Lipinski definition) is 1. The van der Waals surface area contributed by atoms with Crippen LogP contribution in [0.15, 0.2) is 24.3 Å². The molecule has 1 atom stereocenters. The second kappa shape index (κ2) is 7.27. The highest BCUT2D eigenvalue weighted by molar-refractivity contribution is 7.89. The van der Waals surface area contributed by atoms with Crippen LogP contribution in [0, 0.1) is 5.92 Å². The molecule has 1 rings (SSSR count). The Morgan fingerprint density at radius 1 is 1.29 bits per heavy atom. The summed E-state index contributed by atoms with van der Waals surface area (Å²) in [6.07, 6.45) is 1.70. The van der Waals surface area contributed by atoms with Gasteiger partial charge in [-0.3, -0.25) is 0 Å². The molecule has 0 bridgehead atoms. The van der Waals surface area contributed by atoms with E-state index in [1.807, 2.05) is 25.1 Å². The van der Waals surface area contributed by atoms with Crippen molar-refractivity contribution in [2.45, 2.75) is 46.0 Å². The molecule has 120 valence electrons. The summed E-state index contributed by atoms with van der Waals surface area (Å²) in [5, 5.41) is 5.13. The average Bonchev–Trinajstić information content (AvgIpc) is 2.34. The zero-order valence-electron chi connectivity index (χ0n) is 13.4. The van der Waals surface area contributed by atoms with Crippen LogP contribution in [-0.4, -0.2) is 20.8 Å². The highest BCUT2D eigenvalue weighted by atomic mass is 32.2. The van der Waals surface area contributed by atoms with Gasteiger partial charge in [-0.1, -0.05) is 46.2 Å². The van der Waals surface area contributed by atoms with E-state index in [4.69, 9.17) is 9.88 Å². The minimum atomic E-state index is -3.46. The van der Waals surface area contributed by atoms with Crippen LogP contribution < -0.4 is 9.88 Å². The molecule has 1 aromatic carbocycles. The summed E-state index contributed by atoms with van der Waals surface area (Å²) >= 11 is 0. The summed E-state index contributed by atoms with van der Waals surface area (Å²) < 4.78 is 28.3. The molecule has 21 heavy (non-hydrogen) atoms. The quantitative estimate of drug-likeness (QED) is 0.841. The van der Waals surface area contributed by atoms with Gasteiger partial charge < -0.3 is 4.74 Å². The van der Waals surface area contributed by atoms with Crippen LogP contribution in [0.25, 0.3) is 0 Å². The van der Waals surface area contributed by atoms with Crippen molar-refractivity contribution in [1.82, 2.24) is 0 Å². The smallest absolute Gasteiger partial charge is 0.209 e. The fourth-order valence-electron chi connectivity index (χ4n) is 2.22. The zero-order valence-corrected chi connectivity index (χ0v) is 14.2. The van der Waals surface area contributed by atoms with E-state index in [1.165, 1.54) is 5.56 Å². The Hall–Kier alpha value is -1.07. The molecule has 2 N–H and O–H groups in total. The van der Waals surface area contributed by atoms with Crippen molar-refractivity contribution < 1.29 is 13.2 Å². The summed E-state index contributed by atoms with van der Waals surface area (Å²) in [5.41, 5.74) is 1.25. The van der Waals surface area contributed by atoms with Crippen molar-refractivity contribution in [3.05, 3.63) is 29.8 Å². The van der Waals surface area contributed by atoms with E-state index in [9.17, 15) is 8.42 Å². The predicted molar refractivity (Wildman–Crippen MR) is 87.0 cm³/mol. The first-order valence-corrected chi connectivity index (χ1v) is 9.07. The molecule has 0 spiro atoms. The van der Waals surface area contributed by atoms with E-state index in [1.54, 1.807) is 0 Å². The lowest BCUT2D eigenvalue weighted by Crippen LogP contribution is -2.27. The van der Waals surface area contributed by atoms with Gasteiger partial charge in [-0.05, 0) is 29.5 Å². The molecule has 0 fully saturated rings. The van der Waals surface area contributed by atoms with Gasteiger partial charge in [-0.25, -0.2) is 13.6 Å². The largest absolute Gasteiger partial charge is 0.493 e. The molecule has 4 nitrogen and oxygen atoms in total. The predicted octanol–water partition coefficient (Wildman–Crippen LogP) is 3.07. The van der Waals surface area contributed by atoms with Gasteiger partial charge in [0.2, 0.25) is 10.0 Å². The maximum atomic E-state index is 11.2. The molecule has 0 aliphatic heterocycles. The summed E-state index contributed by atoms with van der Waals surface area (Å²) in [4.78, 5) is 0. The molecular formula is C16H27NO3S. The molecule has 0 saturated heterocycles. The molecule has 0 heterocycles. The summed E-state index contributed by atoms with van der Waals surface area (Å²) in [6, 6.07) is 7.94. The van der Waals surface area contributed by atoms with Gasteiger partial charge in [0.25, 0.3) is 0 Å². The minimum Gasteiger partial charge on any atom is -0.493 e. The SMILES string of the molecule is CCCC(COc1cccc(C(C)(C)C)c1)CS(N)(=O)=O. The van der Waals surface area contributed by atoms with Gasteiger partial charge in [0.15, 0.2) is 0 Å². The van der Waals surface area contributed by atoms with Crippen molar-refractivity contribution in [3.8, 4) is 5.75 Å². The molecule has 5 heteroatoms. The molecule has 0 aliphatic rings. The van der Waals surface area contributed by atoms with Gasteiger partial charge in [-0.2, -0.15) is 0 Å². The van der Waals surface area contributed by atoms with Crippen LogP contribution >= 0.6 is 0 Å². The highest BCUT2D eigenvalue weighted by Gasteiger charge is 2.17. The van der Waals surface area contributed by atoms with E-state index < -0.39 is 10.0 Å². The van der Waals surface area contributed by atoms with Gasteiger partial charge in [0.1, 0.15) is 5.75 Å². The second-order valence-corrected chi connectivity index (χ2v) is 8.23. The Labute approximate surface area is 128 Å². The fraction of sp³-hybridized carbons (Fsp3) is 0.625. The van der Waals surface area contributed by atoms with Crippen molar-refractivity contribution in [3.63, 3.8) is 0 Å². The Kier molecular flexibility index (Phi) is 6.23. The number of hydrogen-bond acceptors (Lipinski definition) is 3. The Balaban J connectivity index is 2.72. The molecule has 0 radical (unpaired) electrons. The van der Waals surface area contributed by atoms with Crippen LogP contribution in [0.2, 0.25) is 0 Å². The lowest BCUT2D eigenvalue weighted by molar-refractivity contribution is 0.252.